The van der Waals surface area contributed by atoms with Gasteiger partial charge >= 0.3 is 12.3 Å². The van der Waals surface area contributed by atoms with Crippen LogP contribution >= 0.6 is 0 Å². The lowest BCUT2D eigenvalue weighted by Gasteiger charge is -2.15. The molecule has 0 saturated heterocycles. The van der Waals surface area contributed by atoms with Gasteiger partial charge in [-0.1, -0.05) is 6.92 Å². The minimum atomic E-state index is -4.05. The van der Waals surface area contributed by atoms with E-state index in [9.17, 15) is 17.6 Å². The minimum Gasteiger partial charge on any atom is -0.375 e. The molecule has 0 bridgehead atoms. The SMILES string of the molecule is CCC(N)CCCOCC(F)(F)C(F)F. The summed E-state index contributed by atoms with van der Waals surface area (Å²) in [6.45, 7) is 0.721. The maximum Gasteiger partial charge on any atom is 0.330 e. The van der Waals surface area contributed by atoms with E-state index in [0.29, 0.717) is 12.8 Å². The smallest absolute Gasteiger partial charge is 0.330 e. The lowest BCUT2D eigenvalue weighted by atomic mass is 10.1. The van der Waals surface area contributed by atoms with E-state index in [1.165, 1.54) is 0 Å². The Morgan fingerprint density at radius 3 is 2.40 bits per heavy atom. The molecule has 0 aliphatic rings. The Kier molecular flexibility index (Phi) is 6.84. The van der Waals surface area contributed by atoms with Gasteiger partial charge in [0.25, 0.3) is 0 Å². The number of alkyl halides is 4. The van der Waals surface area contributed by atoms with Crippen molar-refractivity contribution in [2.45, 2.75) is 44.6 Å². The first-order chi connectivity index (χ1) is 6.90. The van der Waals surface area contributed by atoms with Crippen molar-refractivity contribution >= 4 is 0 Å². The molecule has 15 heavy (non-hydrogen) atoms. The third kappa shape index (κ3) is 6.67. The second-order valence-electron chi connectivity index (χ2n) is 3.42. The van der Waals surface area contributed by atoms with Crippen LogP contribution in [0.25, 0.3) is 0 Å². The van der Waals surface area contributed by atoms with Crippen LogP contribution in [-0.4, -0.2) is 31.6 Å². The molecule has 0 aromatic carbocycles. The first-order valence-electron chi connectivity index (χ1n) is 4.89. The van der Waals surface area contributed by atoms with E-state index in [-0.39, 0.29) is 12.6 Å². The van der Waals surface area contributed by atoms with Gasteiger partial charge in [0.15, 0.2) is 0 Å². The van der Waals surface area contributed by atoms with Crippen molar-refractivity contribution in [2.75, 3.05) is 13.2 Å². The maximum atomic E-state index is 12.3. The van der Waals surface area contributed by atoms with E-state index in [2.05, 4.69) is 4.74 Å². The molecule has 92 valence electrons. The molecule has 0 rings (SSSR count). The molecule has 2 N–H and O–H groups in total. The lowest BCUT2D eigenvalue weighted by molar-refractivity contribution is -0.165. The van der Waals surface area contributed by atoms with E-state index in [4.69, 9.17) is 5.73 Å². The van der Waals surface area contributed by atoms with E-state index in [0.717, 1.165) is 6.42 Å². The van der Waals surface area contributed by atoms with Gasteiger partial charge in [-0.25, -0.2) is 8.78 Å². The summed E-state index contributed by atoms with van der Waals surface area (Å²) in [6, 6.07) is 0.0178. The Balaban J connectivity index is 3.46. The van der Waals surface area contributed by atoms with Crippen LogP contribution < -0.4 is 5.73 Å². The van der Waals surface area contributed by atoms with Crippen LogP contribution in [0.2, 0.25) is 0 Å². The third-order valence-corrected chi connectivity index (χ3v) is 2.00. The monoisotopic (exact) mass is 231 g/mol. The molecule has 0 radical (unpaired) electrons. The summed E-state index contributed by atoms with van der Waals surface area (Å²) in [6.07, 6.45) is -1.71. The number of hydrogen-bond acceptors (Lipinski definition) is 2. The van der Waals surface area contributed by atoms with Gasteiger partial charge < -0.3 is 10.5 Å². The summed E-state index contributed by atoms with van der Waals surface area (Å²) in [7, 11) is 0. The molecule has 0 aromatic rings. The van der Waals surface area contributed by atoms with Gasteiger partial charge in [-0.2, -0.15) is 8.78 Å². The van der Waals surface area contributed by atoms with E-state index < -0.39 is 19.0 Å². The fraction of sp³-hybridized carbons (Fsp3) is 1.00. The summed E-state index contributed by atoms with van der Waals surface area (Å²) in [5.41, 5.74) is 5.57. The predicted octanol–water partition coefficient (Wildman–Crippen LogP) is 2.42. The zero-order chi connectivity index (χ0) is 11.9. The van der Waals surface area contributed by atoms with Crippen molar-refractivity contribution < 1.29 is 22.3 Å². The molecular formula is C9H17F4NO. The zero-order valence-electron chi connectivity index (χ0n) is 8.69. The molecule has 1 unspecified atom stereocenters. The van der Waals surface area contributed by atoms with E-state index in [1.807, 2.05) is 6.92 Å². The summed E-state index contributed by atoms with van der Waals surface area (Å²) in [5, 5.41) is 0. The summed E-state index contributed by atoms with van der Waals surface area (Å²) in [4.78, 5) is 0. The Bertz CT molecular complexity index is 166. The highest BCUT2D eigenvalue weighted by molar-refractivity contribution is 4.67. The fourth-order valence-corrected chi connectivity index (χ4v) is 0.923. The standard InChI is InChI=1S/C9H17F4NO/c1-2-7(14)4-3-5-15-6-9(12,13)8(10)11/h7-8H,2-6,14H2,1H3. The average Bonchev–Trinajstić information content (AvgIpc) is 2.16. The molecule has 0 amide bonds. The highest BCUT2D eigenvalue weighted by Crippen LogP contribution is 2.22. The highest BCUT2D eigenvalue weighted by atomic mass is 19.3. The van der Waals surface area contributed by atoms with Gasteiger partial charge in [0.1, 0.15) is 6.61 Å². The second-order valence-corrected chi connectivity index (χ2v) is 3.42. The molecule has 0 aromatic heterocycles. The summed E-state index contributed by atoms with van der Waals surface area (Å²) in [5.74, 6) is -4.05. The molecule has 0 saturated carbocycles. The Morgan fingerprint density at radius 2 is 1.93 bits per heavy atom. The molecule has 0 aliphatic carbocycles. The van der Waals surface area contributed by atoms with Gasteiger partial charge in [0, 0.05) is 12.6 Å². The summed E-state index contributed by atoms with van der Waals surface area (Å²) < 4.78 is 52.4. The largest absolute Gasteiger partial charge is 0.375 e. The van der Waals surface area contributed by atoms with Crippen molar-refractivity contribution in [3.63, 3.8) is 0 Å². The summed E-state index contributed by atoms with van der Waals surface area (Å²) >= 11 is 0. The van der Waals surface area contributed by atoms with Crippen LogP contribution in [-0.2, 0) is 4.74 Å². The quantitative estimate of drug-likeness (QED) is 0.514. The highest BCUT2D eigenvalue weighted by Gasteiger charge is 2.40. The van der Waals surface area contributed by atoms with Crippen LogP contribution in [0.5, 0.6) is 0 Å². The van der Waals surface area contributed by atoms with Crippen LogP contribution in [0, 0.1) is 0 Å². The zero-order valence-corrected chi connectivity index (χ0v) is 8.69. The fourth-order valence-electron chi connectivity index (χ4n) is 0.923. The number of ether oxygens (including phenoxy) is 1. The van der Waals surface area contributed by atoms with Crippen LogP contribution in [0.4, 0.5) is 17.6 Å². The minimum absolute atomic E-state index is 0.0178. The van der Waals surface area contributed by atoms with E-state index >= 15 is 0 Å². The normalized spacial score (nSPS) is 14.6. The van der Waals surface area contributed by atoms with Crippen molar-refractivity contribution in [3.05, 3.63) is 0 Å². The Hall–Kier alpha value is -0.360. The van der Waals surface area contributed by atoms with Crippen LogP contribution in [0.1, 0.15) is 26.2 Å². The van der Waals surface area contributed by atoms with Crippen molar-refractivity contribution in [1.82, 2.24) is 0 Å². The first kappa shape index (κ1) is 14.6. The van der Waals surface area contributed by atoms with Crippen molar-refractivity contribution in [2.24, 2.45) is 5.73 Å². The van der Waals surface area contributed by atoms with E-state index in [1.54, 1.807) is 0 Å². The number of hydrogen-bond donors (Lipinski definition) is 1. The van der Waals surface area contributed by atoms with Gasteiger partial charge in [0.2, 0.25) is 0 Å². The Morgan fingerprint density at radius 1 is 1.33 bits per heavy atom. The molecular weight excluding hydrogens is 214 g/mol. The molecule has 1 atom stereocenters. The molecule has 0 heterocycles. The molecule has 0 spiro atoms. The van der Waals surface area contributed by atoms with Gasteiger partial charge in [0.05, 0.1) is 0 Å². The van der Waals surface area contributed by atoms with Crippen LogP contribution in [0.3, 0.4) is 0 Å². The first-order valence-corrected chi connectivity index (χ1v) is 4.89. The van der Waals surface area contributed by atoms with Crippen molar-refractivity contribution in [3.8, 4) is 0 Å². The Labute approximate surface area is 86.8 Å². The number of nitrogens with two attached hydrogens (primary N) is 1. The van der Waals surface area contributed by atoms with Crippen LogP contribution in [0.15, 0.2) is 0 Å². The van der Waals surface area contributed by atoms with Gasteiger partial charge in [-0.15, -0.1) is 0 Å². The molecule has 6 heteroatoms. The van der Waals surface area contributed by atoms with Gasteiger partial charge in [-0.3, -0.25) is 0 Å². The van der Waals surface area contributed by atoms with Gasteiger partial charge in [-0.05, 0) is 19.3 Å². The predicted molar refractivity (Wildman–Crippen MR) is 49.3 cm³/mol. The average molecular weight is 231 g/mol. The molecule has 2 nitrogen and oxygen atoms in total. The number of halogens is 4. The number of rotatable bonds is 8. The maximum absolute atomic E-state index is 12.3. The molecule has 0 fully saturated rings. The lowest BCUT2D eigenvalue weighted by Crippen LogP contribution is -2.32. The second kappa shape index (κ2) is 7.00. The molecule has 0 aliphatic heterocycles. The topological polar surface area (TPSA) is 35.2 Å². The third-order valence-electron chi connectivity index (χ3n) is 2.00. The van der Waals surface area contributed by atoms with Crippen molar-refractivity contribution in [1.29, 1.82) is 0 Å².